The highest BCUT2D eigenvalue weighted by molar-refractivity contribution is 8.02. The lowest BCUT2D eigenvalue weighted by atomic mass is 9.90. The second-order valence-corrected chi connectivity index (χ2v) is 8.50. The average Bonchev–Trinajstić information content (AvgIpc) is 3.07. The van der Waals surface area contributed by atoms with E-state index in [1.54, 1.807) is 24.0 Å². The Bertz CT molecular complexity index is 881. The maximum absolute atomic E-state index is 13.0. The minimum Gasteiger partial charge on any atom is -0.460 e. The van der Waals surface area contributed by atoms with Gasteiger partial charge in [0.15, 0.2) is 4.75 Å². The molecule has 160 valence electrons. The topological polar surface area (TPSA) is 95.0 Å². The fourth-order valence-electron chi connectivity index (χ4n) is 3.47. The van der Waals surface area contributed by atoms with Crippen molar-refractivity contribution in [3.05, 3.63) is 54.4 Å². The Labute approximate surface area is 183 Å². The molecule has 1 amide bonds. The van der Waals surface area contributed by atoms with E-state index in [2.05, 4.69) is 18.1 Å². The van der Waals surface area contributed by atoms with Gasteiger partial charge < -0.3 is 19.1 Å². The number of nitrogens with zero attached hydrogens (tertiary/aromatic N) is 2. The van der Waals surface area contributed by atoms with Gasteiger partial charge in [0, 0.05) is 11.8 Å². The normalized spacial score (nSPS) is 25.5. The standard InChI is InChI=1S/C20H21ClN2O6S/c1-4-9-27-18(25)20(13-7-6-8-22-15(13)21)11-23-16(24)14(17(23)30-20)12(3)29-19(26)28-10-5-2/h4-8,12,14,17H,1-2,9-11H2,3H3/t12-,14+,17-,20?/m1/s1. The number of hydrogen-bond donors (Lipinski definition) is 0. The molecular formula is C20H21ClN2O6S. The van der Waals surface area contributed by atoms with Crippen LogP contribution in [-0.2, 0) is 28.5 Å². The van der Waals surface area contributed by atoms with E-state index in [-0.39, 0.29) is 30.8 Å². The quantitative estimate of drug-likeness (QED) is 0.257. The summed E-state index contributed by atoms with van der Waals surface area (Å²) in [7, 11) is 0. The number of aromatic nitrogens is 1. The van der Waals surface area contributed by atoms with E-state index in [0.29, 0.717) is 5.56 Å². The molecule has 0 bridgehead atoms. The van der Waals surface area contributed by atoms with Crippen LogP contribution in [0.25, 0.3) is 0 Å². The van der Waals surface area contributed by atoms with Gasteiger partial charge >= 0.3 is 12.1 Å². The molecular weight excluding hydrogens is 432 g/mol. The molecule has 1 unspecified atom stereocenters. The number of thioether (sulfide) groups is 1. The molecule has 0 aliphatic carbocycles. The molecule has 3 rings (SSSR count). The summed E-state index contributed by atoms with van der Waals surface area (Å²) in [4.78, 5) is 43.2. The second kappa shape index (κ2) is 9.09. The van der Waals surface area contributed by atoms with Gasteiger partial charge in [-0.1, -0.05) is 43.0 Å². The third kappa shape index (κ3) is 3.91. The first-order chi connectivity index (χ1) is 14.4. The van der Waals surface area contributed by atoms with Gasteiger partial charge in [0.2, 0.25) is 5.91 Å². The summed E-state index contributed by atoms with van der Waals surface area (Å²) in [5.41, 5.74) is 0.464. The molecule has 4 atom stereocenters. The molecule has 2 saturated heterocycles. The summed E-state index contributed by atoms with van der Waals surface area (Å²) in [5, 5.41) is -0.239. The average molecular weight is 453 g/mol. The van der Waals surface area contributed by atoms with Crippen LogP contribution >= 0.6 is 23.4 Å². The van der Waals surface area contributed by atoms with Crippen molar-refractivity contribution >= 4 is 41.4 Å². The zero-order chi connectivity index (χ0) is 21.9. The number of rotatable bonds is 8. The highest BCUT2D eigenvalue weighted by Gasteiger charge is 2.65. The van der Waals surface area contributed by atoms with Gasteiger partial charge in [-0.3, -0.25) is 9.59 Å². The van der Waals surface area contributed by atoms with Crippen molar-refractivity contribution in [3.63, 3.8) is 0 Å². The Hall–Kier alpha value is -2.52. The molecule has 1 aromatic heterocycles. The minimum atomic E-state index is -1.24. The van der Waals surface area contributed by atoms with Crippen LogP contribution in [0.1, 0.15) is 12.5 Å². The number of pyridine rings is 1. The van der Waals surface area contributed by atoms with Gasteiger partial charge in [-0.05, 0) is 13.0 Å². The zero-order valence-electron chi connectivity index (χ0n) is 16.3. The van der Waals surface area contributed by atoms with Crippen LogP contribution < -0.4 is 0 Å². The molecule has 10 heteroatoms. The van der Waals surface area contributed by atoms with Crippen LogP contribution in [-0.4, -0.2) is 59.2 Å². The fraction of sp³-hybridized carbons (Fsp3) is 0.400. The molecule has 0 spiro atoms. The van der Waals surface area contributed by atoms with Crippen LogP contribution in [0.5, 0.6) is 0 Å². The monoisotopic (exact) mass is 452 g/mol. The van der Waals surface area contributed by atoms with E-state index in [4.69, 9.17) is 25.8 Å². The Morgan fingerprint density at radius 2 is 2.10 bits per heavy atom. The van der Waals surface area contributed by atoms with Gasteiger partial charge in [-0.15, -0.1) is 11.8 Å². The summed E-state index contributed by atoms with van der Waals surface area (Å²) in [6.45, 7) is 8.73. The van der Waals surface area contributed by atoms with Crippen LogP contribution in [0.3, 0.4) is 0 Å². The fourth-order valence-corrected chi connectivity index (χ4v) is 5.67. The first-order valence-corrected chi connectivity index (χ1v) is 10.4. The molecule has 2 aliphatic rings. The van der Waals surface area contributed by atoms with E-state index >= 15 is 0 Å². The smallest absolute Gasteiger partial charge is 0.460 e. The van der Waals surface area contributed by atoms with Gasteiger partial charge in [0.1, 0.15) is 30.4 Å². The molecule has 2 aliphatic heterocycles. The summed E-state index contributed by atoms with van der Waals surface area (Å²) in [5.74, 6) is -1.40. The van der Waals surface area contributed by atoms with E-state index in [0.717, 1.165) is 0 Å². The SMILES string of the molecule is C=CCOC(=O)O[C@H](C)[C@H]1C(=O)N2CC(C(=O)OCC=C)(c3cccnc3Cl)S[C@H]12. The highest BCUT2D eigenvalue weighted by atomic mass is 35.5. The number of fused-ring (bicyclic) bond motifs is 1. The molecule has 0 saturated carbocycles. The van der Waals surface area contributed by atoms with E-state index < -0.39 is 34.3 Å². The number of esters is 1. The predicted molar refractivity (Wildman–Crippen MR) is 111 cm³/mol. The van der Waals surface area contributed by atoms with E-state index in [9.17, 15) is 14.4 Å². The molecule has 3 heterocycles. The Kier molecular flexibility index (Phi) is 6.72. The van der Waals surface area contributed by atoms with Crippen LogP contribution in [0.4, 0.5) is 4.79 Å². The number of halogens is 1. The number of β-lactam (4-membered cyclic amide) rings is 1. The van der Waals surface area contributed by atoms with Gasteiger partial charge in [0.25, 0.3) is 0 Å². The lowest BCUT2D eigenvalue weighted by Gasteiger charge is -2.43. The van der Waals surface area contributed by atoms with Crippen molar-refractivity contribution < 1.29 is 28.6 Å². The first-order valence-electron chi connectivity index (χ1n) is 9.17. The lowest BCUT2D eigenvalue weighted by Crippen LogP contribution is -2.61. The predicted octanol–water partition coefficient (Wildman–Crippen LogP) is 2.92. The third-order valence-corrected chi connectivity index (χ3v) is 6.87. The zero-order valence-corrected chi connectivity index (χ0v) is 17.9. The largest absolute Gasteiger partial charge is 0.508 e. The van der Waals surface area contributed by atoms with Crippen LogP contribution in [0, 0.1) is 5.92 Å². The Balaban J connectivity index is 1.84. The van der Waals surface area contributed by atoms with Gasteiger partial charge in [0.05, 0.1) is 11.9 Å². The third-order valence-electron chi connectivity index (χ3n) is 4.86. The van der Waals surface area contributed by atoms with E-state index in [1.807, 2.05) is 0 Å². The maximum atomic E-state index is 13.0. The number of amides is 1. The van der Waals surface area contributed by atoms with Crippen molar-refractivity contribution in [1.82, 2.24) is 9.88 Å². The number of hydrogen-bond acceptors (Lipinski definition) is 8. The van der Waals surface area contributed by atoms with Crippen molar-refractivity contribution in [1.29, 1.82) is 0 Å². The second-order valence-electron chi connectivity index (χ2n) is 6.73. The summed E-state index contributed by atoms with van der Waals surface area (Å²) < 4.78 is 14.1. The summed E-state index contributed by atoms with van der Waals surface area (Å²) in [6.07, 6.45) is 2.76. The molecule has 2 fully saturated rings. The summed E-state index contributed by atoms with van der Waals surface area (Å²) in [6, 6.07) is 3.36. The number of carbonyl (C=O) groups is 3. The van der Waals surface area contributed by atoms with Crippen molar-refractivity contribution in [2.24, 2.45) is 5.92 Å². The number of ether oxygens (including phenoxy) is 3. The highest BCUT2D eigenvalue weighted by Crippen LogP contribution is 2.56. The van der Waals surface area contributed by atoms with Gasteiger partial charge in [-0.2, -0.15) is 0 Å². The lowest BCUT2D eigenvalue weighted by molar-refractivity contribution is -0.157. The number of carbonyl (C=O) groups excluding carboxylic acids is 3. The summed E-state index contributed by atoms with van der Waals surface area (Å²) >= 11 is 7.53. The first kappa shape index (κ1) is 22.2. The van der Waals surface area contributed by atoms with Crippen LogP contribution in [0.2, 0.25) is 5.15 Å². The Morgan fingerprint density at radius 1 is 1.40 bits per heavy atom. The maximum Gasteiger partial charge on any atom is 0.508 e. The molecule has 0 N–H and O–H groups in total. The molecule has 30 heavy (non-hydrogen) atoms. The van der Waals surface area contributed by atoms with Crippen molar-refractivity contribution in [2.45, 2.75) is 23.1 Å². The Morgan fingerprint density at radius 3 is 2.77 bits per heavy atom. The van der Waals surface area contributed by atoms with Crippen molar-refractivity contribution in [2.75, 3.05) is 19.8 Å². The molecule has 0 radical (unpaired) electrons. The minimum absolute atomic E-state index is 0.00618. The molecule has 8 nitrogen and oxygen atoms in total. The van der Waals surface area contributed by atoms with Gasteiger partial charge in [-0.25, -0.2) is 9.78 Å². The molecule has 0 aromatic carbocycles. The van der Waals surface area contributed by atoms with E-state index in [1.165, 1.54) is 30.1 Å². The van der Waals surface area contributed by atoms with Crippen molar-refractivity contribution in [3.8, 4) is 0 Å². The molecule has 1 aromatic rings. The van der Waals surface area contributed by atoms with Crippen LogP contribution in [0.15, 0.2) is 43.6 Å².